The topological polar surface area (TPSA) is 29.5 Å². The van der Waals surface area contributed by atoms with Crippen molar-refractivity contribution in [2.45, 2.75) is 26.0 Å². The fourth-order valence-corrected chi connectivity index (χ4v) is 2.37. The Labute approximate surface area is 88.6 Å². The number of hydrogen-bond acceptors (Lipinski definition) is 3. The van der Waals surface area contributed by atoms with E-state index >= 15 is 0 Å². The van der Waals surface area contributed by atoms with E-state index in [2.05, 4.69) is 11.0 Å². The van der Waals surface area contributed by atoms with Crippen molar-refractivity contribution in [2.75, 3.05) is 11.4 Å². The summed E-state index contributed by atoms with van der Waals surface area (Å²) in [6.45, 7) is 3.04. The van der Waals surface area contributed by atoms with Crippen LogP contribution >= 0.6 is 0 Å². The lowest BCUT2D eigenvalue weighted by molar-refractivity contribution is 0.0292. The first-order valence-electron chi connectivity index (χ1n) is 5.34. The van der Waals surface area contributed by atoms with Crippen LogP contribution in [0.2, 0.25) is 0 Å². The van der Waals surface area contributed by atoms with Gasteiger partial charge in [0.2, 0.25) is 0 Å². The van der Waals surface area contributed by atoms with Gasteiger partial charge in [-0.3, -0.25) is 0 Å². The summed E-state index contributed by atoms with van der Waals surface area (Å²) in [7, 11) is 0. The minimum Gasteiger partial charge on any atom is -0.438 e. The number of hydrogen-bond donors (Lipinski definition) is 0. The summed E-state index contributed by atoms with van der Waals surface area (Å²) in [6, 6.07) is 5.89. The molecule has 0 saturated carbocycles. The van der Waals surface area contributed by atoms with E-state index in [4.69, 9.17) is 4.74 Å². The normalized spacial score (nSPS) is 23.4. The third-order valence-electron chi connectivity index (χ3n) is 3.12. The van der Waals surface area contributed by atoms with Crippen molar-refractivity contribution in [3.63, 3.8) is 0 Å². The maximum Gasteiger partial charge on any atom is 0.342 e. The average Bonchev–Trinajstić information content (AvgIpc) is 2.65. The van der Waals surface area contributed by atoms with E-state index in [0.717, 1.165) is 25.1 Å². The lowest BCUT2D eigenvalue weighted by Crippen LogP contribution is -2.38. The second-order valence-electron chi connectivity index (χ2n) is 4.22. The molecule has 1 atom stereocenters. The summed E-state index contributed by atoms with van der Waals surface area (Å²) < 4.78 is 5.36. The van der Waals surface area contributed by atoms with Crippen molar-refractivity contribution in [1.29, 1.82) is 0 Å². The van der Waals surface area contributed by atoms with E-state index in [1.165, 1.54) is 5.56 Å². The smallest absolute Gasteiger partial charge is 0.342 e. The van der Waals surface area contributed by atoms with Gasteiger partial charge in [0.05, 0.1) is 11.3 Å². The third kappa shape index (κ3) is 1.23. The minimum atomic E-state index is -0.173. The molecule has 3 nitrogen and oxygen atoms in total. The first kappa shape index (κ1) is 8.77. The second-order valence-corrected chi connectivity index (χ2v) is 4.22. The highest BCUT2D eigenvalue weighted by atomic mass is 16.6. The molecular formula is C12H13NO2. The highest BCUT2D eigenvalue weighted by molar-refractivity contribution is 5.98. The molecule has 0 aliphatic carbocycles. The molecule has 2 aliphatic heterocycles. The number of ether oxygens (including phenoxy) is 1. The van der Waals surface area contributed by atoms with Gasteiger partial charge in [-0.25, -0.2) is 4.79 Å². The maximum absolute atomic E-state index is 11.7. The van der Waals surface area contributed by atoms with Crippen molar-refractivity contribution in [2.24, 2.45) is 0 Å². The molecule has 0 spiro atoms. The predicted octanol–water partition coefficient (Wildman–Crippen LogP) is 2.09. The van der Waals surface area contributed by atoms with Gasteiger partial charge >= 0.3 is 5.97 Å². The minimum absolute atomic E-state index is 0.0215. The van der Waals surface area contributed by atoms with Crippen molar-refractivity contribution < 1.29 is 9.53 Å². The summed E-state index contributed by atoms with van der Waals surface area (Å²) >= 11 is 0. The third-order valence-corrected chi connectivity index (χ3v) is 3.12. The molecule has 3 heteroatoms. The molecule has 0 bridgehead atoms. The van der Waals surface area contributed by atoms with Gasteiger partial charge in [-0.15, -0.1) is 0 Å². The van der Waals surface area contributed by atoms with Crippen LogP contribution in [0.25, 0.3) is 0 Å². The number of aryl methyl sites for hydroxylation is 1. The Morgan fingerprint density at radius 2 is 2.33 bits per heavy atom. The van der Waals surface area contributed by atoms with Crippen LogP contribution in [-0.2, 0) is 4.74 Å². The fourth-order valence-electron chi connectivity index (χ4n) is 2.37. The molecule has 15 heavy (non-hydrogen) atoms. The molecule has 78 valence electrons. The van der Waals surface area contributed by atoms with Gasteiger partial charge in [-0.2, -0.15) is 0 Å². The Balaban J connectivity index is 2.15. The van der Waals surface area contributed by atoms with Gasteiger partial charge in [0.25, 0.3) is 0 Å². The second kappa shape index (κ2) is 2.99. The number of anilines is 1. The van der Waals surface area contributed by atoms with Crippen LogP contribution in [0.4, 0.5) is 5.69 Å². The van der Waals surface area contributed by atoms with E-state index < -0.39 is 0 Å². The number of fused-ring (bicyclic) bond motifs is 3. The van der Waals surface area contributed by atoms with E-state index in [0.29, 0.717) is 5.56 Å². The van der Waals surface area contributed by atoms with E-state index in [1.54, 1.807) is 0 Å². The molecule has 1 unspecified atom stereocenters. The summed E-state index contributed by atoms with van der Waals surface area (Å²) in [4.78, 5) is 13.9. The summed E-state index contributed by atoms with van der Waals surface area (Å²) in [5.41, 5.74) is 2.95. The van der Waals surface area contributed by atoms with Crippen molar-refractivity contribution in [3.8, 4) is 0 Å². The highest BCUT2D eigenvalue weighted by Gasteiger charge is 2.35. The van der Waals surface area contributed by atoms with Crippen molar-refractivity contribution in [1.82, 2.24) is 0 Å². The van der Waals surface area contributed by atoms with E-state index in [-0.39, 0.29) is 12.2 Å². The van der Waals surface area contributed by atoms with Crippen LogP contribution in [0.3, 0.4) is 0 Å². The average molecular weight is 203 g/mol. The molecule has 3 rings (SSSR count). The van der Waals surface area contributed by atoms with Crippen molar-refractivity contribution >= 4 is 11.7 Å². The number of carbonyl (C=O) groups excluding carboxylic acids is 1. The number of esters is 1. The number of nitrogens with zero attached hydrogens (tertiary/aromatic N) is 1. The van der Waals surface area contributed by atoms with Gasteiger partial charge in [0, 0.05) is 13.0 Å². The molecule has 0 N–H and O–H groups in total. The summed E-state index contributed by atoms with van der Waals surface area (Å²) in [5.74, 6) is -0.173. The Bertz CT molecular complexity index is 428. The largest absolute Gasteiger partial charge is 0.438 e. The Hall–Kier alpha value is -1.51. The summed E-state index contributed by atoms with van der Waals surface area (Å²) in [5, 5.41) is 0. The standard InChI is InChI=1S/C12H13NO2/c1-8-4-5-9-10(7-8)13-6-2-3-11(13)15-12(9)14/h4-5,7,11H,2-3,6H2,1H3. The molecule has 1 fully saturated rings. The molecule has 0 amide bonds. The highest BCUT2D eigenvalue weighted by Crippen LogP contribution is 2.34. The van der Waals surface area contributed by atoms with Crippen LogP contribution in [-0.4, -0.2) is 18.7 Å². The Kier molecular flexibility index (Phi) is 1.75. The van der Waals surface area contributed by atoms with Crippen LogP contribution in [0.5, 0.6) is 0 Å². The first-order chi connectivity index (χ1) is 7.25. The van der Waals surface area contributed by atoms with Crippen LogP contribution in [0.15, 0.2) is 18.2 Å². The zero-order chi connectivity index (χ0) is 10.4. The zero-order valence-corrected chi connectivity index (χ0v) is 8.69. The zero-order valence-electron chi connectivity index (χ0n) is 8.69. The fraction of sp³-hybridized carbons (Fsp3) is 0.417. The molecule has 2 aliphatic rings. The first-order valence-corrected chi connectivity index (χ1v) is 5.34. The SMILES string of the molecule is Cc1ccc2c(c1)N1CCCC1OC2=O. The molecule has 2 heterocycles. The van der Waals surface area contributed by atoms with Gasteiger partial charge in [0.15, 0.2) is 6.23 Å². The van der Waals surface area contributed by atoms with Gasteiger partial charge in [-0.1, -0.05) is 6.07 Å². The quantitative estimate of drug-likeness (QED) is 0.605. The number of rotatable bonds is 0. The number of benzene rings is 1. The summed E-state index contributed by atoms with van der Waals surface area (Å²) in [6.07, 6.45) is 2.04. The van der Waals surface area contributed by atoms with Gasteiger partial charge in [0.1, 0.15) is 0 Å². The van der Waals surface area contributed by atoms with Gasteiger partial charge in [-0.05, 0) is 31.0 Å². The maximum atomic E-state index is 11.7. The molecule has 1 aromatic rings. The van der Waals surface area contributed by atoms with Crippen LogP contribution in [0, 0.1) is 6.92 Å². The van der Waals surface area contributed by atoms with Crippen molar-refractivity contribution in [3.05, 3.63) is 29.3 Å². The van der Waals surface area contributed by atoms with E-state index in [1.807, 2.05) is 19.1 Å². The molecule has 1 aromatic carbocycles. The molecule has 0 aromatic heterocycles. The monoisotopic (exact) mass is 203 g/mol. The predicted molar refractivity (Wildman–Crippen MR) is 57.0 cm³/mol. The Morgan fingerprint density at radius 1 is 1.47 bits per heavy atom. The molecular weight excluding hydrogens is 190 g/mol. The lowest BCUT2D eigenvalue weighted by Gasteiger charge is -2.32. The lowest BCUT2D eigenvalue weighted by atomic mass is 10.1. The molecule has 1 saturated heterocycles. The van der Waals surface area contributed by atoms with E-state index in [9.17, 15) is 4.79 Å². The Morgan fingerprint density at radius 3 is 3.20 bits per heavy atom. The molecule has 0 radical (unpaired) electrons. The van der Waals surface area contributed by atoms with Crippen LogP contribution in [0.1, 0.15) is 28.8 Å². The van der Waals surface area contributed by atoms with Crippen LogP contribution < -0.4 is 4.90 Å². The number of carbonyl (C=O) groups is 1. The van der Waals surface area contributed by atoms with Gasteiger partial charge < -0.3 is 9.64 Å².